The minimum absolute atomic E-state index is 0.770. The number of nitrogens with two attached hydrogens (primary N) is 1. The van der Waals surface area contributed by atoms with Crippen molar-refractivity contribution in [3.63, 3.8) is 0 Å². The van der Waals surface area contributed by atoms with Crippen molar-refractivity contribution in [3.05, 3.63) is 24.3 Å². The van der Waals surface area contributed by atoms with Gasteiger partial charge in [-0.25, -0.2) is 0 Å². The fourth-order valence-corrected chi connectivity index (χ4v) is 3.96. The van der Waals surface area contributed by atoms with Crippen molar-refractivity contribution >= 4 is 5.69 Å². The molecule has 2 N–H and O–H groups in total. The van der Waals surface area contributed by atoms with E-state index in [0.29, 0.717) is 0 Å². The molecule has 0 unspecified atom stereocenters. The Morgan fingerprint density at radius 1 is 1.05 bits per heavy atom. The third-order valence-electron chi connectivity index (χ3n) is 5.41. The van der Waals surface area contributed by atoms with Crippen LogP contribution in [0.1, 0.15) is 25.7 Å². The molecule has 22 heavy (non-hydrogen) atoms. The van der Waals surface area contributed by atoms with E-state index in [2.05, 4.69) is 28.0 Å². The largest absolute Gasteiger partial charge is 0.495 e. The maximum Gasteiger partial charge on any atom is 0.142 e. The molecule has 1 aliphatic carbocycles. The second-order valence-electron chi connectivity index (χ2n) is 6.61. The molecule has 1 saturated heterocycles. The topological polar surface area (TPSA) is 41.7 Å². The van der Waals surface area contributed by atoms with Crippen molar-refractivity contribution in [2.75, 3.05) is 44.7 Å². The first kappa shape index (κ1) is 15.6. The van der Waals surface area contributed by atoms with Gasteiger partial charge in [0.15, 0.2) is 0 Å². The maximum atomic E-state index is 5.80. The van der Waals surface area contributed by atoms with Crippen molar-refractivity contribution in [1.82, 2.24) is 4.90 Å². The van der Waals surface area contributed by atoms with Crippen molar-refractivity contribution in [1.29, 1.82) is 0 Å². The van der Waals surface area contributed by atoms with Gasteiger partial charge in [-0.1, -0.05) is 12.1 Å². The average Bonchev–Trinajstić information content (AvgIpc) is 2.62. The van der Waals surface area contributed by atoms with E-state index in [4.69, 9.17) is 10.5 Å². The van der Waals surface area contributed by atoms with Crippen LogP contribution in [-0.2, 0) is 0 Å². The number of hydrogen-bond acceptors (Lipinski definition) is 4. The normalized spacial score (nSPS) is 26.9. The predicted octanol–water partition coefficient (Wildman–Crippen LogP) is 2.33. The lowest BCUT2D eigenvalue weighted by molar-refractivity contribution is 0.130. The SMILES string of the molecule is COc1ccccc1N1CCN(C2CCC(CN)CC2)CC1. The van der Waals surface area contributed by atoms with Gasteiger partial charge in [0, 0.05) is 32.2 Å². The molecule has 0 aromatic heterocycles. The van der Waals surface area contributed by atoms with Crippen LogP contribution in [0.3, 0.4) is 0 Å². The summed E-state index contributed by atoms with van der Waals surface area (Å²) in [6.45, 7) is 5.38. The van der Waals surface area contributed by atoms with Crippen LogP contribution >= 0.6 is 0 Å². The molecule has 122 valence electrons. The first-order valence-electron chi connectivity index (χ1n) is 8.64. The van der Waals surface area contributed by atoms with Gasteiger partial charge in [0.25, 0.3) is 0 Å². The lowest BCUT2D eigenvalue weighted by Gasteiger charge is -2.42. The lowest BCUT2D eigenvalue weighted by Crippen LogP contribution is -2.51. The van der Waals surface area contributed by atoms with E-state index >= 15 is 0 Å². The van der Waals surface area contributed by atoms with Crippen molar-refractivity contribution < 1.29 is 4.74 Å². The third kappa shape index (κ3) is 3.39. The number of hydrogen-bond donors (Lipinski definition) is 1. The summed E-state index contributed by atoms with van der Waals surface area (Å²) in [5, 5.41) is 0. The maximum absolute atomic E-state index is 5.80. The van der Waals surface area contributed by atoms with Gasteiger partial charge >= 0.3 is 0 Å². The number of nitrogens with zero attached hydrogens (tertiary/aromatic N) is 2. The van der Waals surface area contributed by atoms with Crippen LogP contribution in [0.5, 0.6) is 5.75 Å². The Labute approximate surface area is 134 Å². The zero-order valence-electron chi connectivity index (χ0n) is 13.7. The first-order chi connectivity index (χ1) is 10.8. The summed E-state index contributed by atoms with van der Waals surface area (Å²) < 4.78 is 5.50. The molecule has 0 spiro atoms. The molecule has 1 aliphatic heterocycles. The summed E-state index contributed by atoms with van der Waals surface area (Å²) in [4.78, 5) is 5.15. The van der Waals surface area contributed by atoms with E-state index in [1.165, 1.54) is 31.4 Å². The molecule has 0 atom stereocenters. The number of piperazine rings is 1. The molecule has 1 saturated carbocycles. The van der Waals surface area contributed by atoms with Crippen LogP contribution < -0.4 is 15.4 Å². The van der Waals surface area contributed by atoms with Gasteiger partial charge in [0.05, 0.1) is 12.8 Å². The van der Waals surface area contributed by atoms with Gasteiger partial charge in [0.2, 0.25) is 0 Å². The zero-order valence-corrected chi connectivity index (χ0v) is 13.7. The van der Waals surface area contributed by atoms with E-state index in [-0.39, 0.29) is 0 Å². The third-order valence-corrected chi connectivity index (χ3v) is 5.41. The molecule has 3 rings (SSSR count). The van der Waals surface area contributed by atoms with Crippen LogP contribution in [0.25, 0.3) is 0 Å². The monoisotopic (exact) mass is 303 g/mol. The molecule has 1 aromatic rings. The van der Waals surface area contributed by atoms with E-state index < -0.39 is 0 Å². The van der Waals surface area contributed by atoms with Gasteiger partial charge in [-0.3, -0.25) is 4.90 Å². The fourth-order valence-electron chi connectivity index (χ4n) is 3.96. The highest BCUT2D eigenvalue weighted by molar-refractivity contribution is 5.58. The molecular formula is C18H29N3O. The highest BCUT2D eigenvalue weighted by Crippen LogP contribution is 2.31. The fraction of sp³-hybridized carbons (Fsp3) is 0.667. The van der Waals surface area contributed by atoms with Gasteiger partial charge in [-0.15, -0.1) is 0 Å². The number of para-hydroxylation sites is 2. The highest BCUT2D eigenvalue weighted by atomic mass is 16.5. The predicted molar refractivity (Wildman–Crippen MR) is 91.6 cm³/mol. The summed E-state index contributed by atoms with van der Waals surface area (Å²) in [5.74, 6) is 1.76. The van der Waals surface area contributed by atoms with Crippen molar-refractivity contribution in [2.45, 2.75) is 31.7 Å². The minimum atomic E-state index is 0.770. The molecule has 4 heteroatoms. The zero-order chi connectivity index (χ0) is 15.4. The Bertz CT molecular complexity index is 463. The quantitative estimate of drug-likeness (QED) is 0.927. The van der Waals surface area contributed by atoms with Crippen LogP contribution in [0.4, 0.5) is 5.69 Å². The Morgan fingerprint density at radius 2 is 1.73 bits per heavy atom. The summed E-state index contributed by atoms with van der Waals surface area (Å²) >= 11 is 0. The minimum Gasteiger partial charge on any atom is -0.495 e. The summed E-state index contributed by atoms with van der Waals surface area (Å²) in [6.07, 6.45) is 5.29. The van der Waals surface area contributed by atoms with E-state index in [1.54, 1.807) is 7.11 Å². The summed E-state index contributed by atoms with van der Waals surface area (Å²) in [7, 11) is 1.75. The van der Waals surface area contributed by atoms with Crippen LogP contribution in [0, 0.1) is 5.92 Å². The van der Waals surface area contributed by atoms with Crippen molar-refractivity contribution in [3.8, 4) is 5.75 Å². The Morgan fingerprint density at radius 3 is 2.36 bits per heavy atom. The van der Waals surface area contributed by atoms with Crippen LogP contribution in [0.2, 0.25) is 0 Å². The Balaban J connectivity index is 1.54. The van der Waals surface area contributed by atoms with E-state index in [1.807, 2.05) is 6.07 Å². The molecule has 0 amide bonds. The Kier molecular flexibility index (Phi) is 5.21. The van der Waals surface area contributed by atoms with Gasteiger partial charge in [-0.05, 0) is 50.3 Å². The van der Waals surface area contributed by atoms with Gasteiger partial charge in [-0.2, -0.15) is 0 Å². The first-order valence-corrected chi connectivity index (χ1v) is 8.64. The second kappa shape index (κ2) is 7.34. The number of anilines is 1. The molecule has 0 radical (unpaired) electrons. The average molecular weight is 303 g/mol. The molecule has 2 aliphatic rings. The number of benzene rings is 1. The molecule has 1 heterocycles. The van der Waals surface area contributed by atoms with Gasteiger partial charge < -0.3 is 15.4 Å². The van der Waals surface area contributed by atoms with Gasteiger partial charge in [0.1, 0.15) is 5.75 Å². The van der Waals surface area contributed by atoms with E-state index in [9.17, 15) is 0 Å². The molecular weight excluding hydrogens is 274 g/mol. The second-order valence-corrected chi connectivity index (χ2v) is 6.61. The van der Waals surface area contributed by atoms with Crippen molar-refractivity contribution in [2.24, 2.45) is 11.7 Å². The van der Waals surface area contributed by atoms with Crippen LogP contribution in [0.15, 0.2) is 24.3 Å². The number of methoxy groups -OCH3 is 1. The molecule has 4 nitrogen and oxygen atoms in total. The van der Waals surface area contributed by atoms with E-state index in [0.717, 1.165) is 50.4 Å². The summed E-state index contributed by atoms with van der Waals surface area (Å²) in [5.41, 5.74) is 7.04. The molecule has 0 bridgehead atoms. The molecule has 2 fully saturated rings. The van der Waals surface area contributed by atoms with Crippen LogP contribution in [-0.4, -0.2) is 50.8 Å². The smallest absolute Gasteiger partial charge is 0.142 e. The lowest BCUT2D eigenvalue weighted by atomic mass is 9.85. The standard InChI is InChI=1S/C18H29N3O/c1-22-18-5-3-2-4-17(18)21-12-10-20(11-13-21)16-8-6-15(14-19)7-9-16/h2-5,15-16H,6-14,19H2,1H3. The number of rotatable bonds is 4. The molecule has 1 aromatic carbocycles. The summed E-state index contributed by atoms with van der Waals surface area (Å²) in [6, 6.07) is 9.13. The Hall–Kier alpha value is -1.26. The highest BCUT2D eigenvalue weighted by Gasteiger charge is 2.28. The number of ether oxygens (including phenoxy) is 1.